The van der Waals surface area contributed by atoms with E-state index in [0.29, 0.717) is 0 Å². The Hall–Kier alpha value is -3.95. The number of carboxylic acid groups (broad SMARTS) is 1. The predicted octanol–water partition coefficient (Wildman–Crippen LogP) is 0.165. The standard InChI is InChI=1S/C49H81N3O19/c1-7-9-10-11-12-13-14-15-16-18-35(70-47-46(64)42(50)45(63)31(6)69-47)24-39-43(51-48(65)52-67-27-40(59)60)38(58)26-49(66,71-39)25-34(55)22-37(57)36(56)20-19-32(53)21-33(54)23-41(61)68-30(5)29(4)44(62)28(3)17-8-2/h7-18,28-39,42-47,53-58,62-64,66H,19-27,50H2,1-6H3,(H,59,60)(H2,51,52,65)/b9-7+,11-10+,13-12+,15-14+,17-8+,18-16+/t28-,29-,30-,31+,32+,33+,34-,35-,36+,37+,38-,39-,42-,43+,44+,45+,46-,47-,49+/m0/s1. The number of carbonyl (C=O) groups is 3. The monoisotopic (exact) mass is 1020 g/mol. The molecular formula is C49H81N3O19. The van der Waals surface area contributed by atoms with Crippen LogP contribution >= 0.6 is 0 Å². The summed E-state index contributed by atoms with van der Waals surface area (Å²) in [5.74, 6) is -5.06. The van der Waals surface area contributed by atoms with E-state index in [1.165, 1.54) is 13.0 Å². The van der Waals surface area contributed by atoms with E-state index in [4.69, 9.17) is 29.8 Å². The number of amides is 2. The number of esters is 1. The van der Waals surface area contributed by atoms with Gasteiger partial charge in [-0.2, -0.15) is 0 Å². The molecule has 2 aliphatic rings. The summed E-state index contributed by atoms with van der Waals surface area (Å²) in [7, 11) is 0. The van der Waals surface area contributed by atoms with Crippen molar-refractivity contribution in [3.05, 3.63) is 72.9 Å². The van der Waals surface area contributed by atoms with Crippen molar-refractivity contribution in [3.8, 4) is 0 Å². The van der Waals surface area contributed by atoms with Crippen LogP contribution in [0.3, 0.4) is 0 Å². The number of hydrogen-bond donors (Lipinski definition) is 14. The van der Waals surface area contributed by atoms with E-state index in [1.807, 2.05) is 56.6 Å². The minimum atomic E-state index is -2.35. The molecule has 0 radical (unpaired) electrons. The predicted molar refractivity (Wildman–Crippen MR) is 257 cm³/mol. The number of rotatable bonds is 30. The fourth-order valence-corrected chi connectivity index (χ4v) is 8.10. The summed E-state index contributed by atoms with van der Waals surface area (Å²) in [5, 5.41) is 120. The second kappa shape index (κ2) is 32.3. The fourth-order valence-electron chi connectivity index (χ4n) is 8.10. The van der Waals surface area contributed by atoms with Crippen molar-refractivity contribution in [2.45, 2.75) is 196 Å². The van der Waals surface area contributed by atoms with Gasteiger partial charge in [-0.25, -0.2) is 15.1 Å². The van der Waals surface area contributed by atoms with Gasteiger partial charge in [-0.1, -0.05) is 86.8 Å². The number of carboxylic acids is 1. The maximum absolute atomic E-state index is 12.8. The third-order valence-electron chi connectivity index (χ3n) is 12.2. The van der Waals surface area contributed by atoms with Crippen LogP contribution in [-0.4, -0.2) is 184 Å². The van der Waals surface area contributed by atoms with Crippen LogP contribution in [-0.2, 0) is 33.4 Å². The van der Waals surface area contributed by atoms with Crippen molar-refractivity contribution < 1.29 is 94.3 Å². The number of aliphatic hydroxyl groups excluding tert-OH is 9. The molecule has 0 aromatic heterocycles. The van der Waals surface area contributed by atoms with Crippen LogP contribution in [0.2, 0.25) is 0 Å². The smallest absolute Gasteiger partial charge is 0.339 e. The molecule has 0 spiro atoms. The summed E-state index contributed by atoms with van der Waals surface area (Å²) in [6.45, 7) is 9.53. The van der Waals surface area contributed by atoms with Gasteiger partial charge in [0, 0.05) is 37.5 Å². The number of aliphatic hydroxyl groups is 10. The van der Waals surface area contributed by atoms with Crippen LogP contribution in [0, 0.1) is 11.8 Å². The van der Waals surface area contributed by atoms with Gasteiger partial charge in [0.15, 0.2) is 18.7 Å². The summed E-state index contributed by atoms with van der Waals surface area (Å²) in [4.78, 5) is 41.0. The summed E-state index contributed by atoms with van der Waals surface area (Å²) in [5.41, 5.74) is 7.93. The molecule has 0 saturated carbocycles. The second-order valence-corrected chi connectivity index (χ2v) is 18.4. The highest BCUT2D eigenvalue weighted by molar-refractivity contribution is 5.74. The first-order chi connectivity index (χ1) is 33.4. The summed E-state index contributed by atoms with van der Waals surface area (Å²) >= 11 is 0. The number of nitrogens with one attached hydrogen (secondary N) is 2. The number of hydrogen-bond acceptors (Lipinski definition) is 19. The maximum atomic E-state index is 12.8. The third kappa shape index (κ3) is 23.2. The van der Waals surface area contributed by atoms with E-state index >= 15 is 0 Å². The van der Waals surface area contributed by atoms with E-state index in [1.54, 1.807) is 50.3 Å². The third-order valence-corrected chi connectivity index (χ3v) is 12.2. The molecular weight excluding hydrogens is 935 g/mol. The number of carbonyl (C=O) groups excluding carboxylic acids is 2. The molecule has 19 atom stereocenters. The first-order valence-electron chi connectivity index (χ1n) is 24.0. The van der Waals surface area contributed by atoms with Crippen LogP contribution in [0.25, 0.3) is 0 Å². The Morgan fingerprint density at radius 1 is 0.817 bits per heavy atom. The molecule has 2 fully saturated rings. The first-order valence-corrected chi connectivity index (χ1v) is 24.0. The lowest BCUT2D eigenvalue weighted by Crippen LogP contribution is -2.63. The van der Waals surface area contributed by atoms with Crippen molar-refractivity contribution in [1.29, 1.82) is 0 Å². The molecule has 406 valence electrons. The molecule has 22 heteroatoms. The van der Waals surface area contributed by atoms with Gasteiger partial charge < -0.3 is 86.2 Å². The van der Waals surface area contributed by atoms with Gasteiger partial charge in [0.1, 0.15) is 12.2 Å². The van der Waals surface area contributed by atoms with Crippen LogP contribution in [0.4, 0.5) is 4.79 Å². The zero-order valence-electron chi connectivity index (χ0n) is 41.4. The first kappa shape index (κ1) is 63.2. The van der Waals surface area contributed by atoms with E-state index in [9.17, 15) is 65.4 Å². The van der Waals surface area contributed by atoms with Crippen LogP contribution in [0.5, 0.6) is 0 Å². The largest absolute Gasteiger partial charge is 0.479 e. The number of aliphatic carboxylic acids is 1. The molecule has 71 heavy (non-hydrogen) atoms. The van der Waals surface area contributed by atoms with Gasteiger partial charge in [-0.05, 0) is 47.0 Å². The SMILES string of the molecule is C/C=C/C=C/C=C/C=C/C=C/[C@@H](C[C@@H]1O[C@](O)(C[C@@H](O)C[C@@H](O)[C@H](O)CC[C@@H](O)C[C@@H](O)CC(=O)O[C@@H](C)[C@H](C)[C@H](O)[C@@H](C)/C=C/C)C[C@H](O)[C@H]1NC(=O)NOCC(=O)O)O[C@@H]1O[C@H](C)[C@@H](O)[C@H](N)[C@@H]1O. The van der Waals surface area contributed by atoms with E-state index < -0.39 is 160 Å². The van der Waals surface area contributed by atoms with Gasteiger partial charge in [-0.3, -0.25) is 9.63 Å². The van der Waals surface area contributed by atoms with Gasteiger partial charge >= 0.3 is 18.0 Å². The van der Waals surface area contributed by atoms with Crippen LogP contribution < -0.4 is 16.5 Å². The lowest BCUT2D eigenvalue weighted by molar-refractivity contribution is -0.303. The summed E-state index contributed by atoms with van der Waals surface area (Å²) in [6, 6.07) is -3.63. The highest BCUT2D eigenvalue weighted by atomic mass is 16.7. The zero-order chi connectivity index (χ0) is 53.4. The molecule has 2 aliphatic heterocycles. The molecule has 0 aromatic rings. The highest BCUT2D eigenvalue weighted by Gasteiger charge is 2.49. The number of allylic oxidation sites excluding steroid dienone is 10. The summed E-state index contributed by atoms with van der Waals surface area (Å²) in [6.07, 6.45) is 0.0376. The van der Waals surface area contributed by atoms with Crippen molar-refractivity contribution in [3.63, 3.8) is 0 Å². The molecule has 15 N–H and O–H groups in total. The average Bonchev–Trinajstić information content (AvgIpc) is 3.28. The molecule has 0 unspecified atom stereocenters. The van der Waals surface area contributed by atoms with Crippen LogP contribution in [0.1, 0.15) is 92.9 Å². The Morgan fingerprint density at radius 3 is 2.07 bits per heavy atom. The topological polar surface area (TPSA) is 370 Å². The molecule has 2 amide bonds. The highest BCUT2D eigenvalue weighted by Crippen LogP contribution is 2.35. The van der Waals surface area contributed by atoms with Crippen molar-refractivity contribution in [2.24, 2.45) is 17.6 Å². The second-order valence-electron chi connectivity index (χ2n) is 18.4. The lowest BCUT2D eigenvalue weighted by atomic mass is 9.87. The normalized spacial score (nSPS) is 29.8. The Labute approximate surface area is 415 Å². The Kier molecular flexibility index (Phi) is 28.7. The minimum Gasteiger partial charge on any atom is -0.479 e. The lowest BCUT2D eigenvalue weighted by Gasteiger charge is -2.46. The average molecular weight is 1020 g/mol. The van der Waals surface area contributed by atoms with E-state index in [2.05, 4.69) is 10.2 Å². The Bertz CT molecular complexity index is 1760. The number of hydroxylamine groups is 1. The number of nitrogens with two attached hydrogens (primary N) is 1. The molecule has 22 nitrogen and oxygen atoms in total. The van der Waals surface area contributed by atoms with E-state index in [0.717, 1.165) is 0 Å². The molecule has 0 bridgehead atoms. The van der Waals surface area contributed by atoms with Crippen LogP contribution in [0.15, 0.2) is 72.9 Å². The molecule has 2 saturated heterocycles. The number of urea groups is 1. The van der Waals surface area contributed by atoms with E-state index in [-0.39, 0.29) is 31.6 Å². The molecule has 2 heterocycles. The van der Waals surface area contributed by atoms with Crippen molar-refractivity contribution in [1.82, 2.24) is 10.8 Å². The Morgan fingerprint density at radius 2 is 1.45 bits per heavy atom. The summed E-state index contributed by atoms with van der Waals surface area (Å²) < 4.78 is 23.4. The Balaban J connectivity index is 2.18. The van der Waals surface area contributed by atoms with Gasteiger partial charge in [0.25, 0.3) is 0 Å². The molecule has 2 rings (SSSR count). The quantitative estimate of drug-likeness (QED) is 0.0197. The van der Waals surface area contributed by atoms with Gasteiger partial charge in [0.05, 0.1) is 85.6 Å². The van der Waals surface area contributed by atoms with Gasteiger partial charge in [0.2, 0.25) is 0 Å². The zero-order valence-corrected chi connectivity index (χ0v) is 41.4. The van der Waals surface area contributed by atoms with Crippen molar-refractivity contribution in [2.75, 3.05) is 6.61 Å². The number of ether oxygens (including phenoxy) is 4. The molecule has 0 aliphatic carbocycles. The molecule has 0 aromatic carbocycles. The fraction of sp³-hybridized carbons (Fsp3) is 0.694. The van der Waals surface area contributed by atoms with Gasteiger partial charge in [-0.15, -0.1) is 0 Å². The maximum Gasteiger partial charge on any atom is 0.339 e. The minimum absolute atomic E-state index is 0.125. The van der Waals surface area contributed by atoms with Crippen molar-refractivity contribution >= 4 is 18.0 Å².